The van der Waals surface area contributed by atoms with Gasteiger partial charge in [0, 0.05) is 24.2 Å². The van der Waals surface area contributed by atoms with Crippen molar-refractivity contribution in [1.82, 2.24) is 4.72 Å². The predicted octanol–water partition coefficient (Wildman–Crippen LogP) is 1.72. The lowest BCUT2D eigenvalue weighted by Gasteiger charge is -2.21. The van der Waals surface area contributed by atoms with Gasteiger partial charge in [0.05, 0.1) is 4.90 Å². The molecule has 6 nitrogen and oxygen atoms in total. The van der Waals surface area contributed by atoms with Gasteiger partial charge in [-0.1, -0.05) is 26.8 Å². The molecule has 1 aromatic rings. The predicted molar refractivity (Wildman–Crippen MR) is 90.6 cm³/mol. The van der Waals surface area contributed by atoms with Crippen molar-refractivity contribution in [2.24, 2.45) is 11.1 Å². The maximum Gasteiger partial charge on any atom is 0.240 e. The maximum absolute atomic E-state index is 12.1. The van der Waals surface area contributed by atoms with E-state index in [0.29, 0.717) is 12.1 Å². The van der Waals surface area contributed by atoms with Crippen molar-refractivity contribution in [3.05, 3.63) is 24.3 Å². The van der Waals surface area contributed by atoms with Gasteiger partial charge in [0.2, 0.25) is 15.9 Å². The van der Waals surface area contributed by atoms with Crippen molar-refractivity contribution in [3.8, 4) is 0 Å². The van der Waals surface area contributed by atoms with Crippen molar-refractivity contribution in [3.63, 3.8) is 0 Å². The number of rotatable bonds is 7. The van der Waals surface area contributed by atoms with Gasteiger partial charge in [0.1, 0.15) is 0 Å². The Balaban J connectivity index is 0.00000441. The van der Waals surface area contributed by atoms with Gasteiger partial charge in [-0.3, -0.25) is 4.79 Å². The summed E-state index contributed by atoms with van der Waals surface area (Å²) in [4.78, 5) is 12.2. The molecule has 22 heavy (non-hydrogen) atoms. The van der Waals surface area contributed by atoms with E-state index in [1.807, 2.05) is 20.8 Å². The van der Waals surface area contributed by atoms with Crippen LogP contribution in [-0.4, -0.2) is 27.4 Å². The van der Waals surface area contributed by atoms with Gasteiger partial charge in [0.25, 0.3) is 0 Å². The molecule has 0 aliphatic carbocycles. The molecule has 4 N–H and O–H groups in total. The molecule has 0 saturated carbocycles. The average molecular weight is 350 g/mol. The number of nitrogens with two attached hydrogens (primary N) is 1. The molecular formula is C14H24ClN3O3S. The molecule has 0 heterocycles. The van der Waals surface area contributed by atoms with Gasteiger partial charge in [-0.25, -0.2) is 13.1 Å². The zero-order valence-electron chi connectivity index (χ0n) is 13.0. The van der Waals surface area contributed by atoms with E-state index in [-0.39, 0.29) is 36.3 Å². The first-order chi connectivity index (χ1) is 9.73. The van der Waals surface area contributed by atoms with Crippen molar-refractivity contribution in [2.75, 3.05) is 18.4 Å². The summed E-state index contributed by atoms with van der Waals surface area (Å²) in [5.74, 6) is -0.144. The molecule has 0 atom stereocenters. The first-order valence-corrected chi connectivity index (χ1v) is 8.32. The summed E-state index contributed by atoms with van der Waals surface area (Å²) < 4.78 is 26.4. The molecule has 1 amide bonds. The summed E-state index contributed by atoms with van der Waals surface area (Å²) in [5, 5.41) is 2.75. The fourth-order valence-corrected chi connectivity index (χ4v) is 2.57. The van der Waals surface area contributed by atoms with Crippen LogP contribution in [0, 0.1) is 5.41 Å². The monoisotopic (exact) mass is 349 g/mol. The highest BCUT2D eigenvalue weighted by Crippen LogP contribution is 2.23. The van der Waals surface area contributed by atoms with E-state index in [2.05, 4.69) is 10.0 Å². The Morgan fingerprint density at radius 1 is 1.32 bits per heavy atom. The summed E-state index contributed by atoms with van der Waals surface area (Å²) in [6.45, 7) is 6.00. The second-order valence-corrected chi connectivity index (χ2v) is 7.17. The molecule has 126 valence electrons. The fraction of sp³-hybridized carbons (Fsp3) is 0.500. The summed E-state index contributed by atoms with van der Waals surface area (Å²) in [6.07, 6.45) is 0.689. The Hall–Kier alpha value is -1.15. The van der Waals surface area contributed by atoms with E-state index in [4.69, 9.17) is 5.73 Å². The fourth-order valence-electron chi connectivity index (χ4n) is 1.48. The minimum Gasteiger partial charge on any atom is -0.329 e. The molecule has 0 bridgehead atoms. The Morgan fingerprint density at radius 2 is 1.95 bits per heavy atom. The van der Waals surface area contributed by atoms with Crippen LogP contribution in [0.25, 0.3) is 0 Å². The molecule has 0 aliphatic heterocycles. The molecule has 0 aliphatic rings. The third-order valence-corrected chi connectivity index (χ3v) is 4.80. The molecule has 1 aromatic carbocycles. The van der Waals surface area contributed by atoms with Crippen LogP contribution in [0.4, 0.5) is 5.69 Å². The SMILES string of the molecule is CCC(C)(C)C(=O)Nc1cccc(S(=O)(=O)NCCN)c1.Cl. The average Bonchev–Trinajstić information content (AvgIpc) is 2.45. The summed E-state index contributed by atoms with van der Waals surface area (Å²) in [7, 11) is -3.60. The summed E-state index contributed by atoms with van der Waals surface area (Å²) >= 11 is 0. The van der Waals surface area contributed by atoms with Gasteiger partial charge in [-0.2, -0.15) is 0 Å². The number of amides is 1. The normalized spacial score (nSPS) is 11.6. The number of anilines is 1. The molecular weight excluding hydrogens is 326 g/mol. The number of hydrogen-bond acceptors (Lipinski definition) is 4. The zero-order valence-corrected chi connectivity index (χ0v) is 14.7. The minimum absolute atomic E-state index is 0. The lowest BCUT2D eigenvalue weighted by atomic mass is 9.89. The van der Waals surface area contributed by atoms with Gasteiger partial charge in [-0.15, -0.1) is 12.4 Å². The third kappa shape index (κ3) is 5.57. The van der Waals surface area contributed by atoms with E-state index in [9.17, 15) is 13.2 Å². The van der Waals surface area contributed by atoms with Crippen LogP contribution in [0.1, 0.15) is 27.2 Å². The van der Waals surface area contributed by atoms with Crippen LogP contribution in [0.15, 0.2) is 29.2 Å². The molecule has 1 rings (SSSR count). The number of carbonyl (C=O) groups is 1. The van der Waals surface area contributed by atoms with E-state index < -0.39 is 15.4 Å². The zero-order chi connectivity index (χ0) is 16.1. The van der Waals surface area contributed by atoms with E-state index in [1.54, 1.807) is 12.1 Å². The standard InChI is InChI=1S/C14H23N3O3S.ClH/c1-4-14(2,3)13(18)17-11-6-5-7-12(10-11)21(19,20)16-9-8-15;/h5-7,10,16H,4,8-9,15H2,1-3H3,(H,17,18);1H. The Labute approximate surface area is 138 Å². The van der Waals surface area contributed by atoms with Crippen molar-refractivity contribution >= 4 is 34.0 Å². The van der Waals surface area contributed by atoms with E-state index >= 15 is 0 Å². The van der Waals surface area contributed by atoms with Crippen LogP contribution < -0.4 is 15.8 Å². The molecule has 0 unspecified atom stereocenters. The number of hydrogen-bond donors (Lipinski definition) is 3. The second kappa shape index (κ2) is 8.47. The number of sulfonamides is 1. The second-order valence-electron chi connectivity index (χ2n) is 5.41. The lowest BCUT2D eigenvalue weighted by Crippen LogP contribution is -2.30. The van der Waals surface area contributed by atoms with E-state index in [0.717, 1.165) is 0 Å². The first-order valence-electron chi connectivity index (χ1n) is 6.84. The Kier molecular flexibility index (Phi) is 8.03. The van der Waals surface area contributed by atoms with Crippen LogP contribution in [-0.2, 0) is 14.8 Å². The van der Waals surface area contributed by atoms with Crippen molar-refractivity contribution in [2.45, 2.75) is 32.1 Å². The van der Waals surface area contributed by atoms with Crippen LogP contribution in [0.3, 0.4) is 0 Å². The molecule has 0 spiro atoms. The van der Waals surface area contributed by atoms with E-state index in [1.165, 1.54) is 12.1 Å². The quantitative estimate of drug-likeness (QED) is 0.697. The highest BCUT2D eigenvalue weighted by molar-refractivity contribution is 7.89. The number of halogens is 1. The minimum atomic E-state index is -3.60. The first kappa shape index (κ1) is 20.9. The number of nitrogens with one attached hydrogen (secondary N) is 2. The van der Waals surface area contributed by atoms with Gasteiger partial charge in [0.15, 0.2) is 0 Å². The highest BCUT2D eigenvalue weighted by Gasteiger charge is 2.25. The topological polar surface area (TPSA) is 101 Å². The van der Waals surface area contributed by atoms with Gasteiger partial charge >= 0.3 is 0 Å². The van der Waals surface area contributed by atoms with Crippen molar-refractivity contribution in [1.29, 1.82) is 0 Å². The molecule has 0 fully saturated rings. The Morgan fingerprint density at radius 3 is 2.50 bits per heavy atom. The number of benzene rings is 1. The molecule has 8 heteroatoms. The van der Waals surface area contributed by atoms with Crippen LogP contribution >= 0.6 is 12.4 Å². The summed E-state index contributed by atoms with van der Waals surface area (Å²) in [6, 6.07) is 6.15. The maximum atomic E-state index is 12.1. The molecule has 0 saturated heterocycles. The smallest absolute Gasteiger partial charge is 0.240 e. The Bertz CT molecular complexity index is 603. The van der Waals surface area contributed by atoms with Crippen LogP contribution in [0.5, 0.6) is 0 Å². The highest BCUT2D eigenvalue weighted by atomic mass is 35.5. The van der Waals surface area contributed by atoms with Crippen molar-refractivity contribution < 1.29 is 13.2 Å². The van der Waals surface area contributed by atoms with Gasteiger partial charge < -0.3 is 11.1 Å². The number of carbonyl (C=O) groups excluding carboxylic acids is 1. The lowest BCUT2D eigenvalue weighted by molar-refractivity contribution is -0.124. The van der Waals surface area contributed by atoms with Gasteiger partial charge in [-0.05, 0) is 24.6 Å². The molecule has 0 aromatic heterocycles. The summed E-state index contributed by atoms with van der Waals surface area (Å²) in [5.41, 5.74) is 5.24. The van der Waals surface area contributed by atoms with Crippen LogP contribution in [0.2, 0.25) is 0 Å². The molecule has 0 radical (unpaired) electrons. The largest absolute Gasteiger partial charge is 0.329 e. The third-order valence-electron chi connectivity index (χ3n) is 3.34.